The van der Waals surface area contributed by atoms with E-state index in [0.717, 1.165) is 22.9 Å². The summed E-state index contributed by atoms with van der Waals surface area (Å²) in [7, 11) is 0. The van der Waals surface area contributed by atoms with Crippen molar-refractivity contribution >= 4 is 23.7 Å². The smallest absolute Gasteiger partial charge is 0.318 e. The van der Waals surface area contributed by atoms with Crippen molar-refractivity contribution < 1.29 is 14.0 Å². The second-order valence-electron chi connectivity index (χ2n) is 4.36. The van der Waals surface area contributed by atoms with Crippen LogP contribution in [0.3, 0.4) is 0 Å². The van der Waals surface area contributed by atoms with Crippen molar-refractivity contribution in [1.82, 2.24) is 15.5 Å². The molecule has 0 aliphatic rings. The van der Waals surface area contributed by atoms with Crippen LogP contribution in [0.4, 0.5) is 4.79 Å². The van der Waals surface area contributed by atoms with Crippen molar-refractivity contribution in [1.29, 1.82) is 0 Å². The minimum Gasteiger partial charge on any atom is -0.411 e. The molecule has 1 aromatic carbocycles. The third kappa shape index (κ3) is 4.06. The highest BCUT2D eigenvalue weighted by atomic mass is 32.2. The van der Waals surface area contributed by atoms with Crippen molar-refractivity contribution in [3.63, 3.8) is 0 Å². The molecule has 21 heavy (non-hydrogen) atoms. The van der Waals surface area contributed by atoms with Gasteiger partial charge < -0.3 is 10.2 Å². The van der Waals surface area contributed by atoms with Gasteiger partial charge in [0.05, 0.1) is 5.25 Å². The highest BCUT2D eigenvalue weighted by molar-refractivity contribution is 8.00. The average Bonchev–Trinajstić information content (AvgIpc) is 2.86. The van der Waals surface area contributed by atoms with Gasteiger partial charge >= 0.3 is 6.03 Å². The zero-order valence-electron chi connectivity index (χ0n) is 11.5. The number of imide groups is 1. The highest BCUT2D eigenvalue weighted by Crippen LogP contribution is 2.26. The lowest BCUT2D eigenvalue weighted by Crippen LogP contribution is -2.39. The van der Waals surface area contributed by atoms with E-state index in [1.54, 1.807) is 6.92 Å². The van der Waals surface area contributed by atoms with E-state index in [1.807, 2.05) is 36.5 Å². The van der Waals surface area contributed by atoms with Crippen molar-refractivity contribution in [3.05, 3.63) is 29.8 Å². The topological polar surface area (TPSA) is 111 Å². The van der Waals surface area contributed by atoms with E-state index in [-0.39, 0.29) is 5.22 Å². The molecule has 2 aromatic rings. The third-order valence-corrected chi connectivity index (χ3v) is 3.50. The lowest BCUT2D eigenvalue weighted by molar-refractivity contribution is -0.119. The molecular formula is C13H14N4O3S. The number of hydrogen-bond acceptors (Lipinski definition) is 6. The molecule has 0 saturated heterocycles. The van der Waals surface area contributed by atoms with Gasteiger partial charge in [-0.25, -0.2) is 4.79 Å². The molecule has 3 amide bonds. The first-order valence-corrected chi connectivity index (χ1v) is 7.01. The van der Waals surface area contributed by atoms with Crippen LogP contribution in [0.15, 0.2) is 33.9 Å². The van der Waals surface area contributed by atoms with Crippen LogP contribution in [-0.4, -0.2) is 27.4 Å². The van der Waals surface area contributed by atoms with Gasteiger partial charge in [0.1, 0.15) is 0 Å². The number of nitrogens with two attached hydrogens (primary N) is 1. The number of nitrogens with one attached hydrogen (secondary N) is 1. The third-order valence-electron chi connectivity index (χ3n) is 2.56. The van der Waals surface area contributed by atoms with E-state index in [9.17, 15) is 9.59 Å². The summed E-state index contributed by atoms with van der Waals surface area (Å²) in [5.41, 5.74) is 6.77. The van der Waals surface area contributed by atoms with Gasteiger partial charge in [-0.3, -0.25) is 10.1 Å². The molecule has 110 valence electrons. The Morgan fingerprint density at radius 2 is 2.14 bits per heavy atom. The monoisotopic (exact) mass is 306 g/mol. The maximum atomic E-state index is 11.6. The summed E-state index contributed by atoms with van der Waals surface area (Å²) in [5.74, 6) is -0.133. The molecule has 1 heterocycles. The lowest BCUT2D eigenvalue weighted by atomic mass is 10.1. The van der Waals surface area contributed by atoms with Crippen molar-refractivity contribution in [3.8, 4) is 11.5 Å². The summed E-state index contributed by atoms with van der Waals surface area (Å²) >= 11 is 1.05. The molecule has 0 bridgehead atoms. The maximum absolute atomic E-state index is 11.6. The number of aryl methyl sites for hydroxylation is 1. The maximum Gasteiger partial charge on any atom is 0.318 e. The van der Waals surface area contributed by atoms with Crippen molar-refractivity contribution in [2.24, 2.45) is 5.73 Å². The van der Waals surface area contributed by atoms with Gasteiger partial charge in [0.15, 0.2) is 0 Å². The lowest BCUT2D eigenvalue weighted by Gasteiger charge is -2.06. The second kappa shape index (κ2) is 6.40. The molecule has 1 atom stereocenters. The van der Waals surface area contributed by atoms with Crippen LogP contribution in [-0.2, 0) is 4.79 Å². The molecule has 0 fully saturated rings. The number of primary amides is 1. The van der Waals surface area contributed by atoms with Gasteiger partial charge in [-0.15, -0.1) is 10.2 Å². The predicted octanol–water partition coefficient (Wildman–Crippen LogP) is 1.72. The van der Waals surface area contributed by atoms with Gasteiger partial charge in [-0.1, -0.05) is 29.5 Å². The second-order valence-corrected chi connectivity index (χ2v) is 5.65. The standard InChI is InChI=1S/C13H14N4O3S/c1-7-4-3-5-9(6-7)11-16-17-13(20-11)21-8(2)10(18)15-12(14)19/h3-6,8H,1-2H3,(H3,14,15,18,19)/t8-/m1/s1. The molecule has 2 rings (SSSR count). The van der Waals surface area contributed by atoms with E-state index in [4.69, 9.17) is 10.2 Å². The molecule has 0 spiro atoms. The molecule has 7 nitrogen and oxygen atoms in total. The van der Waals surface area contributed by atoms with E-state index in [1.165, 1.54) is 0 Å². The minimum absolute atomic E-state index is 0.249. The normalized spacial score (nSPS) is 11.9. The first-order chi connectivity index (χ1) is 9.95. The molecular weight excluding hydrogens is 292 g/mol. The molecule has 0 saturated carbocycles. The van der Waals surface area contributed by atoms with Crippen LogP contribution in [0.5, 0.6) is 0 Å². The Morgan fingerprint density at radius 1 is 1.38 bits per heavy atom. The number of benzene rings is 1. The molecule has 0 aliphatic heterocycles. The van der Waals surface area contributed by atoms with E-state index >= 15 is 0 Å². The summed E-state index contributed by atoms with van der Waals surface area (Å²) in [6.45, 7) is 3.57. The summed E-state index contributed by atoms with van der Waals surface area (Å²) < 4.78 is 5.50. The molecule has 0 unspecified atom stereocenters. The van der Waals surface area contributed by atoms with Crippen LogP contribution < -0.4 is 11.1 Å². The molecule has 0 aliphatic carbocycles. The number of urea groups is 1. The van der Waals surface area contributed by atoms with E-state index < -0.39 is 17.2 Å². The van der Waals surface area contributed by atoms with E-state index in [2.05, 4.69) is 10.2 Å². The van der Waals surface area contributed by atoms with Gasteiger partial charge in [0.25, 0.3) is 5.22 Å². The number of carbonyl (C=O) groups is 2. The fourth-order valence-electron chi connectivity index (χ4n) is 1.58. The largest absolute Gasteiger partial charge is 0.411 e. The number of thioether (sulfide) groups is 1. The zero-order chi connectivity index (χ0) is 15.4. The predicted molar refractivity (Wildman–Crippen MR) is 77.5 cm³/mol. The fourth-order valence-corrected chi connectivity index (χ4v) is 2.26. The SMILES string of the molecule is Cc1cccc(-c2nnc(S[C@H](C)C(=O)NC(N)=O)o2)c1. The van der Waals surface area contributed by atoms with Crippen molar-refractivity contribution in [2.75, 3.05) is 0 Å². The number of carbonyl (C=O) groups excluding carboxylic acids is 2. The molecule has 0 radical (unpaired) electrons. The Kier molecular flexibility index (Phi) is 4.59. The summed E-state index contributed by atoms with van der Waals surface area (Å²) in [6, 6.07) is 6.75. The fraction of sp³-hybridized carbons (Fsp3) is 0.231. The van der Waals surface area contributed by atoms with Crippen molar-refractivity contribution in [2.45, 2.75) is 24.3 Å². The molecule has 8 heteroatoms. The first kappa shape index (κ1) is 15.0. The summed E-state index contributed by atoms with van der Waals surface area (Å²) in [5, 5.41) is 9.48. The van der Waals surface area contributed by atoms with Gasteiger partial charge in [-0.2, -0.15) is 0 Å². The quantitative estimate of drug-likeness (QED) is 0.832. The minimum atomic E-state index is -0.890. The Labute approximate surface area is 125 Å². The van der Waals surface area contributed by atoms with Crippen LogP contribution in [0.25, 0.3) is 11.5 Å². The van der Waals surface area contributed by atoms with Crippen LogP contribution in [0.2, 0.25) is 0 Å². The van der Waals surface area contributed by atoms with Crippen LogP contribution in [0, 0.1) is 6.92 Å². The summed E-state index contributed by atoms with van der Waals surface area (Å²) in [4.78, 5) is 22.2. The number of nitrogens with zero attached hydrogens (tertiary/aromatic N) is 2. The zero-order valence-corrected chi connectivity index (χ0v) is 12.3. The first-order valence-electron chi connectivity index (χ1n) is 6.13. The number of rotatable bonds is 4. The molecule has 1 aromatic heterocycles. The average molecular weight is 306 g/mol. The number of hydrogen-bond donors (Lipinski definition) is 2. The highest BCUT2D eigenvalue weighted by Gasteiger charge is 2.19. The van der Waals surface area contributed by atoms with Gasteiger partial charge in [-0.05, 0) is 26.0 Å². The Hall–Kier alpha value is -2.35. The van der Waals surface area contributed by atoms with E-state index in [0.29, 0.717) is 5.89 Å². The molecule has 3 N–H and O–H groups in total. The number of aromatic nitrogens is 2. The summed E-state index contributed by atoms with van der Waals surface area (Å²) in [6.07, 6.45) is 0. The van der Waals surface area contributed by atoms with Crippen LogP contribution in [0.1, 0.15) is 12.5 Å². The van der Waals surface area contributed by atoms with Gasteiger partial charge in [0.2, 0.25) is 11.8 Å². The van der Waals surface area contributed by atoms with Crippen LogP contribution >= 0.6 is 11.8 Å². The Morgan fingerprint density at radius 3 is 2.81 bits per heavy atom. The van der Waals surface area contributed by atoms with Gasteiger partial charge in [0, 0.05) is 5.56 Å². The number of amides is 3. The Balaban J connectivity index is 2.06. The Bertz CT molecular complexity index is 671.